The average molecular weight is 334 g/mol. The van der Waals surface area contributed by atoms with Gasteiger partial charge in [0.05, 0.1) is 12.0 Å². The van der Waals surface area contributed by atoms with E-state index in [9.17, 15) is 13.2 Å². The zero-order chi connectivity index (χ0) is 16.3. The summed E-state index contributed by atoms with van der Waals surface area (Å²) in [7, 11) is -2.47. The second kappa shape index (κ2) is 6.87. The van der Waals surface area contributed by atoms with E-state index in [0.717, 1.165) is 11.3 Å². The highest BCUT2D eigenvalue weighted by Gasteiger charge is 2.31. The fourth-order valence-corrected chi connectivity index (χ4v) is 4.74. The third-order valence-electron chi connectivity index (χ3n) is 2.96. The topological polar surface area (TPSA) is 98.5 Å². The van der Waals surface area contributed by atoms with Gasteiger partial charge in [0.15, 0.2) is 0 Å². The van der Waals surface area contributed by atoms with Gasteiger partial charge in [-0.3, -0.25) is 0 Å². The lowest BCUT2D eigenvalue weighted by Crippen LogP contribution is -2.51. The van der Waals surface area contributed by atoms with Crippen LogP contribution in [0.25, 0.3) is 0 Å². The van der Waals surface area contributed by atoms with Crippen LogP contribution >= 0.6 is 11.3 Å². The Balaban J connectivity index is 3.00. The summed E-state index contributed by atoms with van der Waals surface area (Å²) in [6.45, 7) is 5.97. The lowest BCUT2D eigenvalue weighted by Gasteiger charge is -2.30. The van der Waals surface area contributed by atoms with Crippen molar-refractivity contribution in [1.82, 2.24) is 4.72 Å². The fraction of sp³-hybridized carbons (Fsp3) is 0.615. The number of sulfonamides is 1. The van der Waals surface area contributed by atoms with Gasteiger partial charge in [0.2, 0.25) is 10.0 Å². The number of methoxy groups -OCH3 is 1. The molecule has 0 aliphatic heterocycles. The molecule has 1 heterocycles. The standard InChI is InChI=1S/C13H22N2O4S2/c1-9(2)6-13(3,8-14)15-21(17,18)10-5-11(20-7-10)12(16)19-4/h5,7,9,15H,6,8,14H2,1-4H3. The van der Waals surface area contributed by atoms with Crippen molar-refractivity contribution in [3.8, 4) is 0 Å². The van der Waals surface area contributed by atoms with Crippen LogP contribution in [0, 0.1) is 5.92 Å². The molecule has 0 aliphatic rings. The van der Waals surface area contributed by atoms with Crippen molar-refractivity contribution in [1.29, 1.82) is 0 Å². The van der Waals surface area contributed by atoms with Crippen LogP contribution in [0.5, 0.6) is 0 Å². The molecule has 0 amide bonds. The largest absolute Gasteiger partial charge is 0.465 e. The Kier molecular flexibility index (Phi) is 5.92. The summed E-state index contributed by atoms with van der Waals surface area (Å²) < 4.78 is 32.0. The van der Waals surface area contributed by atoms with E-state index < -0.39 is 21.5 Å². The summed E-state index contributed by atoms with van der Waals surface area (Å²) in [4.78, 5) is 11.7. The molecule has 1 rings (SSSR count). The van der Waals surface area contributed by atoms with E-state index in [1.54, 1.807) is 6.92 Å². The summed E-state index contributed by atoms with van der Waals surface area (Å²) in [6, 6.07) is 1.31. The smallest absolute Gasteiger partial charge is 0.348 e. The molecular formula is C13H22N2O4S2. The number of ether oxygens (including phenoxy) is 1. The van der Waals surface area contributed by atoms with E-state index in [1.165, 1.54) is 18.6 Å². The van der Waals surface area contributed by atoms with Crippen LogP contribution in [0.1, 0.15) is 36.9 Å². The number of rotatable bonds is 7. The molecular weight excluding hydrogens is 312 g/mol. The first-order valence-electron chi connectivity index (χ1n) is 6.54. The van der Waals surface area contributed by atoms with Crippen LogP contribution in [0.15, 0.2) is 16.3 Å². The summed E-state index contributed by atoms with van der Waals surface area (Å²) in [5.74, 6) is -0.250. The highest BCUT2D eigenvalue weighted by Crippen LogP contribution is 2.23. The molecule has 0 fully saturated rings. The monoisotopic (exact) mass is 334 g/mol. The zero-order valence-electron chi connectivity index (χ0n) is 12.7. The van der Waals surface area contributed by atoms with Crippen molar-refractivity contribution < 1.29 is 17.9 Å². The quantitative estimate of drug-likeness (QED) is 0.738. The summed E-state index contributed by atoms with van der Waals surface area (Å²) >= 11 is 1.03. The Bertz CT molecular complexity index is 595. The second-order valence-electron chi connectivity index (χ2n) is 5.61. The molecule has 0 aliphatic carbocycles. The molecule has 1 unspecified atom stereocenters. The van der Waals surface area contributed by atoms with Crippen LogP contribution in [0.3, 0.4) is 0 Å². The van der Waals surface area contributed by atoms with E-state index in [1.807, 2.05) is 13.8 Å². The Morgan fingerprint density at radius 1 is 1.52 bits per heavy atom. The van der Waals surface area contributed by atoms with E-state index in [2.05, 4.69) is 9.46 Å². The number of esters is 1. The number of nitrogens with one attached hydrogen (secondary N) is 1. The molecule has 6 nitrogen and oxygen atoms in total. The van der Waals surface area contributed by atoms with Crippen molar-refractivity contribution in [2.24, 2.45) is 11.7 Å². The minimum Gasteiger partial charge on any atom is -0.465 e. The van der Waals surface area contributed by atoms with Crippen molar-refractivity contribution in [3.63, 3.8) is 0 Å². The van der Waals surface area contributed by atoms with Crippen molar-refractivity contribution in [3.05, 3.63) is 16.3 Å². The Labute approximate surface area is 129 Å². The first kappa shape index (κ1) is 18.1. The van der Waals surface area contributed by atoms with Gasteiger partial charge in [-0.15, -0.1) is 11.3 Å². The maximum atomic E-state index is 12.4. The molecule has 0 radical (unpaired) electrons. The maximum absolute atomic E-state index is 12.4. The lowest BCUT2D eigenvalue weighted by atomic mass is 9.92. The third-order valence-corrected chi connectivity index (χ3v) is 5.64. The first-order chi connectivity index (χ1) is 9.63. The number of hydrogen-bond donors (Lipinski definition) is 2. The summed E-state index contributed by atoms with van der Waals surface area (Å²) in [5.41, 5.74) is 5.00. The minimum atomic E-state index is -3.72. The van der Waals surface area contributed by atoms with Gasteiger partial charge in [0.1, 0.15) is 4.88 Å². The molecule has 21 heavy (non-hydrogen) atoms. The number of carbonyl (C=O) groups excluding carboxylic acids is 1. The van der Waals surface area contributed by atoms with Crippen LogP contribution < -0.4 is 10.5 Å². The number of carbonyl (C=O) groups is 1. The SMILES string of the molecule is COC(=O)c1cc(S(=O)(=O)NC(C)(CN)CC(C)C)cs1. The molecule has 1 atom stereocenters. The van der Waals surface area contributed by atoms with Gasteiger partial charge in [-0.05, 0) is 25.3 Å². The van der Waals surface area contributed by atoms with Crippen molar-refractivity contribution >= 4 is 27.3 Å². The number of nitrogens with two attached hydrogens (primary N) is 1. The maximum Gasteiger partial charge on any atom is 0.348 e. The van der Waals surface area contributed by atoms with E-state index in [4.69, 9.17) is 5.73 Å². The molecule has 1 aromatic heterocycles. The van der Waals surface area contributed by atoms with Crippen LogP contribution in [-0.4, -0.2) is 33.6 Å². The Hall–Kier alpha value is -0.960. The van der Waals surface area contributed by atoms with Gasteiger partial charge in [0.25, 0.3) is 0 Å². The van der Waals surface area contributed by atoms with Crippen LogP contribution in [0.2, 0.25) is 0 Å². The Morgan fingerprint density at radius 2 is 2.14 bits per heavy atom. The third kappa shape index (κ3) is 4.77. The molecule has 1 aromatic rings. The molecule has 0 spiro atoms. The van der Waals surface area contributed by atoms with Crippen molar-refractivity contribution in [2.45, 2.75) is 37.6 Å². The van der Waals surface area contributed by atoms with E-state index in [0.29, 0.717) is 12.3 Å². The lowest BCUT2D eigenvalue weighted by molar-refractivity contribution is 0.0606. The van der Waals surface area contributed by atoms with Gasteiger partial charge in [-0.1, -0.05) is 13.8 Å². The predicted octanol–water partition coefficient (Wildman–Crippen LogP) is 1.58. The molecule has 3 N–H and O–H groups in total. The highest BCUT2D eigenvalue weighted by molar-refractivity contribution is 7.89. The normalized spacial score (nSPS) is 15.0. The number of hydrogen-bond acceptors (Lipinski definition) is 6. The first-order valence-corrected chi connectivity index (χ1v) is 8.91. The second-order valence-corrected chi connectivity index (χ2v) is 8.20. The van der Waals surface area contributed by atoms with E-state index in [-0.39, 0.29) is 16.3 Å². The molecule has 8 heteroatoms. The number of thiophene rings is 1. The van der Waals surface area contributed by atoms with Crippen LogP contribution in [0.4, 0.5) is 0 Å². The average Bonchev–Trinajstić information content (AvgIpc) is 2.86. The van der Waals surface area contributed by atoms with Crippen LogP contribution in [-0.2, 0) is 14.8 Å². The minimum absolute atomic E-state index is 0.0522. The highest BCUT2D eigenvalue weighted by atomic mass is 32.2. The zero-order valence-corrected chi connectivity index (χ0v) is 14.3. The molecule has 0 bridgehead atoms. The fourth-order valence-electron chi connectivity index (χ4n) is 2.12. The van der Waals surface area contributed by atoms with E-state index >= 15 is 0 Å². The molecule has 0 aromatic carbocycles. The summed E-state index contributed by atoms with van der Waals surface area (Å²) in [6.07, 6.45) is 0.622. The molecule has 120 valence electrons. The molecule has 0 saturated heterocycles. The van der Waals surface area contributed by atoms with Gasteiger partial charge >= 0.3 is 5.97 Å². The van der Waals surface area contributed by atoms with Gasteiger partial charge in [-0.2, -0.15) is 0 Å². The predicted molar refractivity (Wildman–Crippen MR) is 82.9 cm³/mol. The van der Waals surface area contributed by atoms with Crippen molar-refractivity contribution in [2.75, 3.05) is 13.7 Å². The molecule has 0 saturated carbocycles. The van der Waals surface area contributed by atoms with Gasteiger partial charge < -0.3 is 10.5 Å². The Morgan fingerprint density at radius 3 is 2.62 bits per heavy atom. The summed E-state index contributed by atoms with van der Waals surface area (Å²) in [5, 5.41) is 1.42. The van der Waals surface area contributed by atoms with Gasteiger partial charge in [0, 0.05) is 17.5 Å². The van der Waals surface area contributed by atoms with Gasteiger partial charge in [-0.25, -0.2) is 17.9 Å².